The van der Waals surface area contributed by atoms with Gasteiger partial charge in [0.15, 0.2) is 0 Å². The number of alkyl halides is 4. The molecule has 0 heterocycles. The van der Waals surface area contributed by atoms with Gasteiger partial charge in [-0.1, -0.05) is 55.5 Å². The molecule has 162 valence electrons. The summed E-state index contributed by atoms with van der Waals surface area (Å²) in [5, 5.41) is 0. The van der Waals surface area contributed by atoms with Crippen molar-refractivity contribution >= 4 is 0 Å². The lowest BCUT2D eigenvalue weighted by Gasteiger charge is -2.19. The van der Waals surface area contributed by atoms with Crippen LogP contribution in [-0.4, -0.2) is 6.43 Å². The molecular weight excluding hydrogens is 402 g/mol. The van der Waals surface area contributed by atoms with Gasteiger partial charge in [-0.3, -0.25) is 0 Å². The van der Waals surface area contributed by atoms with Crippen LogP contribution in [0.5, 0.6) is 0 Å². The van der Waals surface area contributed by atoms with Crippen LogP contribution in [-0.2, 0) is 5.92 Å². The van der Waals surface area contributed by atoms with Gasteiger partial charge in [-0.2, -0.15) is 8.78 Å². The SMILES string of the molecule is C=C/C=C(C)\C=C/C.C[C@H](c1ccc(F)cc1)c1cc(F)cc(C(F)(F)C(F)F)c1. The largest absolute Gasteiger partial charge is 0.332 e. The van der Waals surface area contributed by atoms with E-state index in [1.807, 2.05) is 32.1 Å². The zero-order valence-corrected chi connectivity index (χ0v) is 17.0. The van der Waals surface area contributed by atoms with Gasteiger partial charge in [-0.05, 0) is 55.3 Å². The molecule has 1 atom stereocenters. The van der Waals surface area contributed by atoms with Crippen molar-refractivity contribution in [1.29, 1.82) is 0 Å². The van der Waals surface area contributed by atoms with Crippen molar-refractivity contribution in [3.8, 4) is 0 Å². The van der Waals surface area contributed by atoms with Gasteiger partial charge in [0.25, 0.3) is 0 Å². The van der Waals surface area contributed by atoms with E-state index in [4.69, 9.17) is 0 Å². The van der Waals surface area contributed by atoms with Crippen molar-refractivity contribution in [3.63, 3.8) is 0 Å². The first-order valence-electron chi connectivity index (χ1n) is 9.17. The molecule has 0 aliphatic rings. The van der Waals surface area contributed by atoms with Crippen LogP contribution in [0.15, 0.2) is 78.9 Å². The van der Waals surface area contributed by atoms with Gasteiger partial charge in [0, 0.05) is 11.5 Å². The van der Waals surface area contributed by atoms with Crippen LogP contribution >= 0.6 is 0 Å². The minimum atomic E-state index is -4.43. The van der Waals surface area contributed by atoms with Crippen molar-refractivity contribution in [2.24, 2.45) is 0 Å². The summed E-state index contributed by atoms with van der Waals surface area (Å²) in [5.41, 5.74) is 0.828. The lowest BCUT2D eigenvalue weighted by Crippen LogP contribution is -2.24. The summed E-state index contributed by atoms with van der Waals surface area (Å²) in [7, 11) is 0. The van der Waals surface area contributed by atoms with Gasteiger partial charge in [0.1, 0.15) is 11.6 Å². The van der Waals surface area contributed by atoms with Crippen LogP contribution in [0.2, 0.25) is 0 Å². The van der Waals surface area contributed by atoms with Crippen LogP contribution in [0.1, 0.15) is 43.4 Å². The quantitative estimate of drug-likeness (QED) is 0.323. The Hall–Kier alpha value is -2.76. The Labute approximate surface area is 173 Å². The molecule has 0 radical (unpaired) electrons. The summed E-state index contributed by atoms with van der Waals surface area (Å²) in [6, 6.07) is 7.46. The van der Waals surface area contributed by atoms with Crippen molar-refractivity contribution in [3.05, 3.63) is 107 Å². The Balaban J connectivity index is 0.000000479. The predicted octanol–water partition coefficient (Wildman–Crippen LogP) is 8.17. The zero-order chi connectivity index (χ0) is 22.9. The Bertz CT molecular complexity index is 879. The summed E-state index contributed by atoms with van der Waals surface area (Å²) in [5.74, 6) is -6.48. The number of hydrogen-bond donors (Lipinski definition) is 0. The smallest absolute Gasteiger partial charge is 0.207 e. The third-order valence-electron chi connectivity index (χ3n) is 4.26. The van der Waals surface area contributed by atoms with E-state index in [2.05, 4.69) is 6.58 Å². The Morgan fingerprint density at radius 3 is 2.07 bits per heavy atom. The van der Waals surface area contributed by atoms with Crippen molar-refractivity contribution in [2.75, 3.05) is 0 Å². The van der Waals surface area contributed by atoms with E-state index in [0.29, 0.717) is 11.6 Å². The van der Waals surface area contributed by atoms with Crippen molar-refractivity contribution in [1.82, 2.24) is 0 Å². The van der Waals surface area contributed by atoms with E-state index in [-0.39, 0.29) is 5.56 Å². The van der Waals surface area contributed by atoms with Gasteiger partial charge < -0.3 is 0 Å². The van der Waals surface area contributed by atoms with Crippen LogP contribution in [0, 0.1) is 11.6 Å². The molecule has 0 amide bonds. The van der Waals surface area contributed by atoms with Crippen LogP contribution in [0.4, 0.5) is 26.3 Å². The Morgan fingerprint density at radius 1 is 0.967 bits per heavy atom. The van der Waals surface area contributed by atoms with E-state index < -0.39 is 35.5 Å². The van der Waals surface area contributed by atoms with E-state index in [9.17, 15) is 26.3 Å². The number of allylic oxidation sites excluding steroid dienone is 5. The maximum atomic E-state index is 13.5. The molecule has 0 bridgehead atoms. The summed E-state index contributed by atoms with van der Waals surface area (Å²) >= 11 is 0. The Kier molecular flexibility index (Phi) is 9.63. The normalized spacial score (nSPS) is 13.2. The highest BCUT2D eigenvalue weighted by atomic mass is 19.3. The highest BCUT2D eigenvalue weighted by molar-refractivity contribution is 5.36. The average Bonchev–Trinajstić information content (AvgIpc) is 2.68. The summed E-state index contributed by atoms with van der Waals surface area (Å²) in [4.78, 5) is 0. The fourth-order valence-electron chi connectivity index (χ4n) is 2.63. The molecule has 2 aromatic rings. The molecule has 2 rings (SSSR count). The standard InChI is InChI=1S/C16H12F6.C8H12/c1-9(10-2-4-13(17)5-3-10)11-6-12(8-14(18)7-11)16(21,22)15(19)20;1-4-6-8(3)7-5-2/h2-9,15H,1H3;4-7H,1H2,2-3H3/b;7-5-,8-6-/t9-;/m1./s1. The van der Waals surface area contributed by atoms with Gasteiger partial charge >= 0.3 is 12.3 Å². The van der Waals surface area contributed by atoms with E-state index >= 15 is 0 Å². The fourth-order valence-corrected chi connectivity index (χ4v) is 2.63. The molecule has 0 N–H and O–H groups in total. The van der Waals surface area contributed by atoms with Gasteiger partial charge in [0.05, 0.1) is 0 Å². The molecule has 0 unspecified atom stereocenters. The number of rotatable bonds is 6. The number of halogens is 6. The molecule has 0 aliphatic carbocycles. The van der Waals surface area contributed by atoms with E-state index in [1.54, 1.807) is 13.0 Å². The second kappa shape index (κ2) is 11.4. The Morgan fingerprint density at radius 2 is 1.57 bits per heavy atom. The third kappa shape index (κ3) is 7.25. The molecule has 0 aliphatic heterocycles. The molecule has 0 spiro atoms. The monoisotopic (exact) mass is 426 g/mol. The van der Waals surface area contributed by atoms with Gasteiger partial charge in [-0.25, -0.2) is 17.6 Å². The molecule has 0 saturated heterocycles. The second-order valence-corrected chi connectivity index (χ2v) is 6.62. The fraction of sp³-hybridized carbons (Fsp3) is 0.250. The minimum Gasteiger partial charge on any atom is -0.207 e. The topological polar surface area (TPSA) is 0 Å². The molecule has 0 fully saturated rings. The molecule has 0 aromatic heterocycles. The lowest BCUT2D eigenvalue weighted by atomic mass is 9.91. The first kappa shape index (κ1) is 25.3. The second-order valence-electron chi connectivity index (χ2n) is 6.62. The third-order valence-corrected chi connectivity index (χ3v) is 4.26. The van der Waals surface area contributed by atoms with E-state index in [0.717, 1.165) is 12.1 Å². The molecule has 2 aromatic carbocycles. The van der Waals surface area contributed by atoms with Gasteiger partial charge in [0.2, 0.25) is 0 Å². The van der Waals surface area contributed by atoms with Gasteiger partial charge in [-0.15, -0.1) is 0 Å². The summed E-state index contributed by atoms with van der Waals surface area (Å²) in [6.45, 7) is 9.21. The number of benzene rings is 2. The maximum absolute atomic E-state index is 13.5. The predicted molar refractivity (Wildman–Crippen MR) is 109 cm³/mol. The van der Waals surface area contributed by atoms with Crippen LogP contribution < -0.4 is 0 Å². The van der Waals surface area contributed by atoms with Crippen molar-refractivity contribution in [2.45, 2.75) is 39.0 Å². The van der Waals surface area contributed by atoms with Crippen molar-refractivity contribution < 1.29 is 26.3 Å². The molecule has 0 saturated carbocycles. The molecular formula is C24H24F6. The maximum Gasteiger partial charge on any atom is 0.332 e. The van der Waals surface area contributed by atoms with E-state index in [1.165, 1.54) is 29.8 Å². The molecule has 6 heteroatoms. The summed E-state index contributed by atoms with van der Waals surface area (Å²) < 4.78 is 78.0. The lowest BCUT2D eigenvalue weighted by molar-refractivity contribution is -0.135. The molecule has 0 nitrogen and oxygen atoms in total. The minimum absolute atomic E-state index is 0.113. The summed E-state index contributed by atoms with van der Waals surface area (Å²) in [6.07, 6.45) is 3.88. The molecule has 30 heavy (non-hydrogen) atoms. The first-order chi connectivity index (χ1) is 14.0. The zero-order valence-electron chi connectivity index (χ0n) is 17.0. The highest BCUT2D eigenvalue weighted by Gasteiger charge is 2.43. The highest BCUT2D eigenvalue weighted by Crippen LogP contribution is 2.37. The number of hydrogen-bond acceptors (Lipinski definition) is 0. The average molecular weight is 426 g/mol. The van der Waals surface area contributed by atoms with Crippen LogP contribution in [0.3, 0.4) is 0 Å². The first-order valence-corrected chi connectivity index (χ1v) is 9.17. The van der Waals surface area contributed by atoms with Crippen LogP contribution in [0.25, 0.3) is 0 Å².